The van der Waals surface area contributed by atoms with Gasteiger partial charge in [0.1, 0.15) is 0 Å². The first-order chi connectivity index (χ1) is 10.9. The molecule has 3 nitrogen and oxygen atoms in total. The molecule has 0 aliphatic rings. The lowest BCUT2D eigenvalue weighted by atomic mass is 10.0. The van der Waals surface area contributed by atoms with Crippen molar-refractivity contribution >= 4 is 0 Å². The van der Waals surface area contributed by atoms with Crippen LogP contribution in [0.15, 0.2) is 46.6 Å². The zero-order valence-corrected chi connectivity index (χ0v) is 15.2. The van der Waals surface area contributed by atoms with Crippen LogP contribution in [0.1, 0.15) is 59.8 Å². The molecule has 23 heavy (non-hydrogen) atoms. The fourth-order valence-electron chi connectivity index (χ4n) is 2.20. The highest BCUT2D eigenvalue weighted by Gasteiger charge is 2.07. The van der Waals surface area contributed by atoms with Crippen LogP contribution in [-0.4, -0.2) is 34.6 Å². The number of aliphatic hydroxyl groups excluding tert-OH is 3. The molecule has 0 aromatic heterocycles. The van der Waals surface area contributed by atoms with Gasteiger partial charge in [-0.25, -0.2) is 0 Å². The van der Waals surface area contributed by atoms with Crippen LogP contribution >= 0.6 is 0 Å². The molecular weight excluding hydrogens is 288 g/mol. The Bertz CT molecular complexity index is 438. The molecular formula is C20H34O3. The molecule has 0 bridgehead atoms. The highest BCUT2D eigenvalue weighted by atomic mass is 16.3. The van der Waals surface area contributed by atoms with Crippen LogP contribution in [-0.2, 0) is 0 Å². The SMILES string of the molecule is CC(C)=CCC(O)C(=CCCC(C)=CCCC(C)=CCO)CO. The number of hydrogen-bond donors (Lipinski definition) is 3. The molecule has 1 atom stereocenters. The van der Waals surface area contributed by atoms with Crippen molar-refractivity contribution in [1.82, 2.24) is 0 Å². The molecule has 132 valence electrons. The van der Waals surface area contributed by atoms with Gasteiger partial charge in [-0.2, -0.15) is 0 Å². The Morgan fingerprint density at radius 3 is 1.91 bits per heavy atom. The molecule has 0 rings (SSSR count). The fraction of sp³-hybridized carbons (Fsp3) is 0.600. The minimum Gasteiger partial charge on any atom is -0.392 e. The Morgan fingerprint density at radius 2 is 1.39 bits per heavy atom. The van der Waals surface area contributed by atoms with Crippen molar-refractivity contribution < 1.29 is 15.3 Å². The topological polar surface area (TPSA) is 60.7 Å². The van der Waals surface area contributed by atoms with E-state index < -0.39 is 6.10 Å². The number of hydrogen-bond acceptors (Lipinski definition) is 3. The summed E-state index contributed by atoms with van der Waals surface area (Å²) in [5, 5.41) is 28.3. The summed E-state index contributed by atoms with van der Waals surface area (Å²) in [5.41, 5.74) is 4.40. The third kappa shape index (κ3) is 12.0. The minimum atomic E-state index is -0.592. The molecule has 3 N–H and O–H groups in total. The van der Waals surface area contributed by atoms with Gasteiger partial charge in [0.2, 0.25) is 0 Å². The Kier molecular flexibility index (Phi) is 12.6. The van der Waals surface area contributed by atoms with Gasteiger partial charge >= 0.3 is 0 Å². The zero-order chi connectivity index (χ0) is 17.7. The average Bonchev–Trinajstić information content (AvgIpc) is 2.49. The van der Waals surface area contributed by atoms with Gasteiger partial charge in [0.15, 0.2) is 0 Å². The molecule has 0 aromatic carbocycles. The maximum absolute atomic E-state index is 10.1. The van der Waals surface area contributed by atoms with Gasteiger partial charge in [-0.15, -0.1) is 0 Å². The van der Waals surface area contributed by atoms with Crippen molar-refractivity contribution in [2.24, 2.45) is 0 Å². The van der Waals surface area contributed by atoms with Gasteiger partial charge in [0, 0.05) is 0 Å². The molecule has 0 aliphatic heterocycles. The number of allylic oxidation sites excluding steroid dienone is 5. The average molecular weight is 322 g/mol. The summed E-state index contributed by atoms with van der Waals surface area (Å²) in [5.74, 6) is 0. The van der Waals surface area contributed by atoms with Gasteiger partial charge < -0.3 is 15.3 Å². The molecule has 0 aromatic rings. The van der Waals surface area contributed by atoms with Crippen molar-refractivity contribution in [2.75, 3.05) is 13.2 Å². The summed E-state index contributed by atoms with van der Waals surface area (Å²) in [4.78, 5) is 0. The van der Waals surface area contributed by atoms with Crippen molar-refractivity contribution in [3.05, 3.63) is 46.6 Å². The number of rotatable bonds is 11. The summed E-state index contributed by atoms with van der Waals surface area (Å²) in [7, 11) is 0. The van der Waals surface area contributed by atoms with Crippen molar-refractivity contribution in [3.63, 3.8) is 0 Å². The van der Waals surface area contributed by atoms with E-state index in [1.54, 1.807) is 0 Å². The van der Waals surface area contributed by atoms with Gasteiger partial charge in [-0.3, -0.25) is 0 Å². The third-order valence-corrected chi connectivity index (χ3v) is 3.78. The van der Waals surface area contributed by atoms with Gasteiger partial charge in [-0.05, 0) is 65.4 Å². The van der Waals surface area contributed by atoms with E-state index in [9.17, 15) is 10.2 Å². The summed E-state index contributed by atoms with van der Waals surface area (Å²) < 4.78 is 0. The van der Waals surface area contributed by atoms with Crippen molar-refractivity contribution in [1.29, 1.82) is 0 Å². The maximum Gasteiger partial charge on any atom is 0.0806 e. The largest absolute Gasteiger partial charge is 0.392 e. The van der Waals surface area contributed by atoms with Crippen LogP contribution in [0.5, 0.6) is 0 Å². The molecule has 0 radical (unpaired) electrons. The highest BCUT2D eigenvalue weighted by Crippen LogP contribution is 2.14. The molecule has 0 fully saturated rings. The first kappa shape index (κ1) is 21.8. The van der Waals surface area contributed by atoms with Crippen LogP contribution in [0.25, 0.3) is 0 Å². The summed E-state index contributed by atoms with van der Waals surface area (Å²) >= 11 is 0. The lowest BCUT2D eigenvalue weighted by Gasteiger charge is -2.11. The van der Waals surface area contributed by atoms with Gasteiger partial charge in [0.25, 0.3) is 0 Å². The number of aliphatic hydroxyl groups is 3. The monoisotopic (exact) mass is 322 g/mol. The van der Waals surface area contributed by atoms with E-state index in [4.69, 9.17) is 5.11 Å². The fourth-order valence-corrected chi connectivity index (χ4v) is 2.20. The maximum atomic E-state index is 10.1. The van der Waals surface area contributed by atoms with Gasteiger partial charge in [0.05, 0.1) is 19.3 Å². The first-order valence-electron chi connectivity index (χ1n) is 8.44. The molecule has 0 amide bonds. The van der Waals surface area contributed by atoms with E-state index in [1.807, 2.05) is 39.0 Å². The van der Waals surface area contributed by atoms with E-state index >= 15 is 0 Å². The van der Waals surface area contributed by atoms with E-state index in [1.165, 1.54) is 16.7 Å². The van der Waals surface area contributed by atoms with Crippen LogP contribution in [0.2, 0.25) is 0 Å². The Balaban J connectivity index is 4.30. The second-order valence-corrected chi connectivity index (χ2v) is 6.33. The summed E-state index contributed by atoms with van der Waals surface area (Å²) in [6, 6.07) is 0. The van der Waals surface area contributed by atoms with Crippen molar-refractivity contribution in [2.45, 2.75) is 65.9 Å². The lowest BCUT2D eigenvalue weighted by Crippen LogP contribution is -2.12. The van der Waals surface area contributed by atoms with E-state index in [2.05, 4.69) is 13.0 Å². The molecule has 0 saturated heterocycles. The first-order valence-corrected chi connectivity index (χ1v) is 8.44. The predicted molar refractivity (Wildman–Crippen MR) is 98.3 cm³/mol. The second kappa shape index (κ2) is 13.3. The third-order valence-electron chi connectivity index (χ3n) is 3.78. The summed E-state index contributed by atoms with van der Waals surface area (Å²) in [6.07, 6.45) is 11.7. The predicted octanol–water partition coefficient (Wildman–Crippen LogP) is 4.07. The Morgan fingerprint density at radius 1 is 0.826 bits per heavy atom. The standard InChI is InChI=1S/C20H34O3/c1-16(2)11-12-20(23)19(15-22)10-6-9-17(3)7-5-8-18(4)13-14-21/h7,10-11,13,20-23H,5-6,8-9,12,14-15H2,1-4H3. The molecule has 0 aliphatic carbocycles. The van der Waals surface area contributed by atoms with E-state index in [0.717, 1.165) is 25.7 Å². The quantitative estimate of drug-likeness (QED) is 0.503. The van der Waals surface area contributed by atoms with E-state index in [0.29, 0.717) is 12.0 Å². The van der Waals surface area contributed by atoms with E-state index in [-0.39, 0.29) is 13.2 Å². The molecule has 0 saturated carbocycles. The zero-order valence-electron chi connectivity index (χ0n) is 15.2. The lowest BCUT2D eigenvalue weighted by molar-refractivity contribution is 0.189. The highest BCUT2D eigenvalue weighted by molar-refractivity contribution is 5.12. The Hall–Kier alpha value is -1.16. The van der Waals surface area contributed by atoms with Crippen LogP contribution < -0.4 is 0 Å². The molecule has 3 heteroatoms. The Labute approximate surface area is 141 Å². The van der Waals surface area contributed by atoms with Crippen LogP contribution in [0.4, 0.5) is 0 Å². The normalized spacial score (nSPS) is 14.8. The molecule has 0 spiro atoms. The van der Waals surface area contributed by atoms with Crippen LogP contribution in [0.3, 0.4) is 0 Å². The van der Waals surface area contributed by atoms with Crippen LogP contribution in [0, 0.1) is 0 Å². The van der Waals surface area contributed by atoms with Crippen molar-refractivity contribution in [3.8, 4) is 0 Å². The smallest absolute Gasteiger partial charge is 0.0806 e. The second-order valence-electron chi connectivity index (χ2n) is 6.33. The molecule has 1 unspecified atom stereocenters. The molecule has 0 heterocycles. The van der Waals surface area contributed by atoms with Gasteiger partial charge in [-0.1, -0.05) is 41.0 Å². The summed E-state index contributed by atoms with van der Waals surface area (Å²) in [6.45, 7) is 8.16. The minimum absolute atomic E-state index is 0.0916.